The second-order valence-corrected chi connectivity index (χ2v) is 7.53. The normalized spacial score (nSPS) is 16.3. The van der Waals surface area contributed by atoms with Gasteiger partial charge in [0.2, 0.25) is 5.75 Å². The molecule has 30 heavy (non-hydrogen) atoms. The van der Waals surface area contributed by atoms with E-state index in [4.69, 9.17) is 23.9 Å². The van der Waals surface area contributed by atoms with Gasteiger partial charge in [-0.2, -0.15) is 0 Å². The summed E-state index contributed by atoms with van der Waals surface area (Å²) in [6.07, 6.45) is 0. The van der Waals surface area contributed by atoms with Crippen molar-refractivity contribution in [1.82, 2.24) is 15.5 Å². The molecule has 1 aliphatic heterocycles. The van der Waals surface area contributed by atoms with E-state index in [-0.39, 0.29) is 0 Å². The largest absolute Gasteiger partial charge is 0.493 e. The number of aliphatic imine (C=N–C) groups is 1. The van der Waals surface area contributed by atoms with E-state index in [1.54, 1.807) is 21.3 Å². The average Bonchev–Trinajstić information content (AvgIpc) is 2.77. The summed E-state index contributed by atoms with van der Waals surface area (Å²) < 4.78 is 21.9. The molecule has 2 rings (SSSR count). The van der Waals surface area contributed by atoms with Crippen molar-refractivity contribution in [1.29, 1.82) is 0 Å². The van der Waals surface area contributed by atoms with Crippen molar-refractivity contribution in [3.05, 3.63) is 17.7 Å². The monoisotopic (exact) mass is 422 g/mol. The zero-order valence-electron chi connectivity index (χ0n) is 19.3. The van der Waals surface area contributed by atoms with Crippen LogP contribution in [0.25, 0.3) is 0 Å². The van der Waals surface area contributed by atoms with Crippen molar-refractivity contribution in [3.63, 3.8) is 0 Å². The molecule has 0 bridgehead atoms. The lowest BCUT2D eigenvalue weighted by Crippen LogP contribution is -2.52. The Bertz CT molecular complexity index is 675. The van der Waals surface area contributed by atoms with Crippen molar-refractivity contribution in [2.75, 3.05) is 60.7 Å². The Morgan fingerprint density at radius 3 is 2.33 bits per heavy atom. The van der Waals surface area contributed by atoms with Gasteiger partial charge in [0.1, 0.15) is 0 Å². The number of ether oxygens (including phenoxy) is 4. The van der Waals surface area contributed by atoms with Crippen molar-refractivity contribution in [2.24, 2.45) is 10.9 Å². The Morgan fingerprint density at radius 2 is 1.77 bits per heavy atom. The lowest BCUT2D eigenvalue weighted by Gasteiger charge is -2.37. The molecular weight excluding hydrogens is 384 g/mol. The van der Waals surface area contributed by atoms with E-state index in [9.17, 15) is 0 Å². The second kappa shape index (κ2) is 12.5. The van der Waals surface area contributed by atoms with E-state index in [2.05, 4.69) is 36.3 Å². The lowest BCUT2D eigenvalue weighted by atomic mass is 10.0. The van der Waals surface area contributed by atoms with Crippen molar-refractivity contribution in [3.8, 4) is 17.2 Å². The fourth-order valence-electron chi connectivity index (χ4n) is 3.69. The Kier molecular flexibility index (Phi) is 10.0. The molecule has 0 aliphatic carbocycles. The minimum Gasteiger partial charge on any atom is -0.493 e. The number of methoxy groups -OCH3 is 3. The summed E-state index contributed by atoms with van der Waals surface area (Å²) in [6.45, 7) is 12.2. The highest BCUT2D eigenvalue weighted by Crippen LogP contribution is 2.39. The Hall–Kier alpha value is -2.19. The van der Waals surface area contributed by atoms with Gasteiger partial charge in [-0.1, -0.05) is 13.8 Å². The van der Waals surface area contributed by atoms with Crippen LogP contribution in [0.4, 0.5) is 0 Å². The molecule has 1 atom stereocenters. The van der Waals surface area contributed by atoms with Crippen LogP contribution in [-0.2, 0) is 11.3 Å². The van der Waals surface area contributed by atoms with Crippen LogP contribution in [-0.4, -0.2) is 77.6 Å². The van der Waals surface area contributed by atoms with Crippen LogP contribution in [0.2, 0.25) is 0 Å². The first-order valence-corrected chi connectivity index (χ1v) is 10.7. The number of rotatable bonds is 10. The number of benzene rings is 1. The van der Waals surface area contributed by atoms with Gasteiger partial charge in [0.25, 0.3) is 0 Å². The third kappa shape index (κ3) is 6.40. The molecule has 1 aliphatic rings. The van der Waals surface area contributed by atoms with Crippen molar-refractivity contribution < 1.29 is 18.9 Å². The molecule has 8 nitrogen and oxygen atoms in total. The highest BCUT2D eigenvalue weighted by Gasteiger charge is 2.24. The molecule has 0 radical (unpaired) electrons. The molecule has 2 N–H and O–H groups in total. The predicted molar refractivity (Wildman–Crippen MR) is 120 cm³/mol. The first-order chi connectivity index (χ1) is 14.5. The second-order valence-electron chi connectivity index (χ2n) is 7.53. The number of guanidine groups is 1. The highest BCUT2D eigenvalue weighted by atomic mass is 16.5. The van der Waals surface area contributed by atoms with Gasteiger partial charge >= 0.3 is 0 Å². The minimum atomic E-state index is 0.424. The van der Waals surface area contributed by atoms with E-state index in [1.165, 1.54) is 0 Å². The molecule has 0 amide bonds. The SMILES string of the molecule is CCNC(=NCc1ccc(OC)c(OC)c1OC)NCC(C(C)C)N1CCOCC1. The number of nitrogens with zero attached hydrogens (tertiary/aromatic N) is 2. The molecule has 8 heteroatoms. The van der Waals surface area contributed by atoms with E-state index < -0.39 is 0 Å². The van der Waals surface area contributed by atoms with Gasteiger partial charge in [0, 0.05) is 37.8 Å². The maximum absolute atomic E-state index is 5.58. The molecular formula is C22H38N4O4. The van der Waals surface area contributed by atoms with E-state index in [1.807, 2.05) is 12.1 Å². The number of morpholine rings is 1. The van der Waals surface area contributed by atoms with Crippen LogP contribution in [0.15, 0.2) is 17.1 Å². The predicted octanol–water partition coefficient (Wildman–Crippen LogP) is 2.12. The summed E-state index contributed by atoms with van der Waals surface area (Å²) in [7, 11) is 4.85. The molecule has 170 valence electrons. The first-order valence-electron chi connectivity index (χ1n) is 10.7. The van der Waals surface area contributed by atoms with Gasteiger partial charge in [0.15, 0.2) is 17.5 Å². The molecule has 1 aromatic rings. The molecule has 0 aromatic heterocycles. The Labute approximate surface area is 180 Å². The maximum Gasteiger partial charge on any atom is 0.203 e. The summed E-state index contributed by atoms with van der Waals surface area (Å²) >= 11 is 0. The van der Waals surface area contributed by atoms with Crippen LogP contribution < -0.4 is 24.8 Å². The van der Waals surface area contributed by atoms with Gasteiger partial charge in [-0.05, 0) is 25.0 Å². The number of hydrogen-bond donors (Lipinski definition) is 2. The van der Waals surface area contributed by atoms with Gasteiger partial charge in [0.05, 0.1) is 41.1 Å². The van der Waals surface area contributed by atoms with Crippen molar-refractivity contribution in [2.45, 2.75) is 33.4 Å². The summed E-state index contributed by atoms with van der Waals surface area (Å²) in [5.41, 5.74) is 0.931. The molecule has 1 saturated heterocycles. The minimum absolute atomic E-state index is 0.424. The Balaban J connectivity index is 2.12. The smallest absolute Gasteiger partial charge is 0.203 e. The maximum atomic E-state index is 5.58. The highest BCUT2D eigenvalue weighted by molar-refractivity contribution is 5.79. The molecule has 1 fully saturated rings. The first kappa shape index (κ1) is 24.1. The fraction of sp³-hybridized carbons (Fsp3) is 0.682. The standard InChI is InChI=1S/C22H38N4O4/c1-7-23-22(25-15-18(16(2)3)26-10-12-30-13-11-26)24-14-17-8-9-19(27-4)21(29-6)20(17)28-5/h8-9,16,18H,7,10-15H2,1-6H3,(H2,23,24,25). The molecule has 1 aromatic carbocycles. The van der Waals surface area contributed by atoms with Crippen LogP contribution >= 0.6 is 0 Å². The summed E-state index contributed by atoms with van der Waals surface area (Å²) in [6, 6.07) is 4.26. The quantitative estimate of drug-likeness (QED) is 0.442. The average molecular weight is 423 g/mol. The zero-order chi connectivity index (χ0) is 21.9. The zero-order valence-corrected chi connectivity index (χ0v) is 19.3. The molecule has 0 spiro atoms. The van der Waals surface area contributed by atoms with Crippen LogP contribution in [0.1, 0.15) is 26.3 Å². The summed E-state index contributed by atoms with van der Waals surface area (Å²) in [4.78, 5) is 7.28. The van der Waals surface area contributed by atoms with Crippen LogP contribution in [0, 0.1) is 5.92 Å². The van der Waals surface area contributed by atoms with E-state index in [0.29, 0.717) is 35.8 Å². The topological polar surface area (TPSA) is 76.6 Å². The number of nitrogens with one attached hydrogen (secondary N) is 2. The third-order valence-electron chi connectivity index (χ3n) is 5.30. The summed E-state index contributed by atoms with van der Waals surface area (Å²) in [5.74, 6) is 3.18. The van der Waals surface area contributed by atoms with Crippen molar-refractivity contribution >= 4 is 5.96 Å². The van der Waals surface area contributed by atoms with Gasteiger partial charge in [-0.3, -0.25) is 4.90 Å². The molecule has 1 unspecified atom stereocenters. The molecule has 0 saturated carbocycles. The summed E-state index contributed by atoms with van der Waals surface area (Å²) in [5, 5.41) is 6.86. The Morgan fingerprint density at radius 1 is 1.07 bits per heavy atom. The van der Waals surface area contributed by atoms with Gasteiger partial charge in [-0.25, -0.2) is 4.99 Å². The number of hydrogen-bond acceptors (Lipinski definition) is 6. The van der Waals surface area contributed by atoms with E-state index in [0.717, 1.165) is 50.9 Å². The van der Waals surface area contributed by atoms with E-state index >= 15 is 0 Å². The third-order valence-corrected chi connectivity index (χ3v) is 5.30. The van der Waals surface area contributed by atoms with Crippen LogP contribution in [0.3, 0.4) is 0 Å². The molecule has 1 heterocycles. The lowest BCUT2D eigenvalue weighted by molar-refractivity contribution is 0.00752. The fourth-order valence-corrected chi connectivity index (χ4v) is 3.69. The van der Waals surface area contributed by atoms with Gasteiger partial charge < -0.3 is 29.6 Å². The van der Waals surface area contributed by atoms with Crippen LogP contribution in [0.5, 0.6) is 17.2 Å². The van der Waals surface area contributed by atoms with Gasteiger partial charge in [-0.15, -0.1) is 0 Å².